The minimum atomic E-state index is -0.00734. The Bertz CT molecular complexity index is 422. The summed E-state index contributed by atoms with van der Waals surface area (Å²) in [5.41, 5.74) is 2.32. The molecule has 0 atom stereocenters. The third-order valence-corrected chi connectivity index (χ3v) is 2.76. The smallest absolute Gasteiger partial charge is 0.100 e. The molecule has 3 heteroatoms. The summed E-state index contributed by atoms with van der Waals surface area (Å²) < 4.78 is 1.99. The molecule has 1 aromatic heterocycles. The normalized spacial score (nSPS) is 18.6. The van der Waals surface area contributed by atoms with Gasteiger partial charge < -0.3 is 0 Å². The summed E-state index contributed by atoms with van der Waals surface area (Å²) in [6.07, 6.45) is 7.79. The van der Waals surface area contributed by atoms with Gasteiger partial charge in [0.05, 0.1) is 5.69 Å². The van der Waals surface area contributed by atoms with Gasteiger partial charge in [0.2, 0.25) is 0 Å². The van der Waals surface area contributed by atoms with Crippen molar-refractivity contribution in [2.24, 2.45) is 10.9 Å². The lowest BCUT2D eigenvalue weighted by Gasteiger charge is -2.20. The average molecular weight is 203 g/mol. The molecule has 0 saturated carbocycles. The maximum Gasteiger partial charge on any atom is 0.100 e. The van der Waals surface area contributed by atoms with E-state index < -0.39 is 0 Å². The molecule has 2 heterocycles. The van der Waals surface area contributed by atoms with Gasteiger partial charge in [-0.15, -0.1) is 0 Å². The number of fused-ring (bicyclic) bond motifs is 1. The minimum absolute atomic E-state index is 0.00734. The van der Waals surface area contributed by atoms with E-state index in [0.29, 0.717) is 5.92 Å². The molecule has 0 amide bonds. The summed E-state index contributed by atoms with van der Waals surface area (Å²) in [7, 11) is 0. The highest BCUT2D eigenvalue weighted by atomic mass is 15.1. The van der Waals surface area contributed by atoms with Gasteiger partial charge in [0, 0.05) is 17.3 Å². The van der Waals surface area contributed by atoms with Crippen LogP contribution in [0.3, 0.4) is 0 Å². The van der Waals surface area contributed by atoms with Crippen LogP contribution in [-0.2, 0) is 5.41 Å². The standard InChI is InChI=1S/C12H17N3/c1-9(2)10-5-12(3,4)11-6-13-7-15(11)8-14-10/h5-9H,1-4H3. The second-order valence-electron chi connectivity index (χ2n) is 4.88. The summed E-state index contributed by atoms with van der Waals surface area (Å²) in [5, 5.41) is 0. The third kappa shape index (κ3) is 1.74. The summed E-state index contributed by atoms with van der Waals surface area (Å²) in [6, 6.07) is 0. The quantitative estimate of drug-likeness (QED) is 0.690. The average Bonchev–Trinajstić information content (AvgIpc) is 2.56. The van der Waals surface area contributed by atoms with Gasteiger partial charge in [0.25, 0.3) is 0 Å². The molecule has 0 N–H and O–H groups in total. The minimum Gasteiger partial charge on any atom is -0.293 e. The van der Waals surface area contributed by atoms with E-state index in [9.17, 15) is 0 Å². The van der Waals surface area contributed by atoms with Gasteiger partial charge in [-0.2, -0.15) is 0 Å². The van der Waals surface area contributed by atoms with Crippen LogP contribution in [0.5, 0.6) is 0 Å². The number of aliphatic imine (C=N–C) groups is 1. The van der Waals surface area contributed by atoms with E-state index in [0.717, 1.165) is 5.70 Å². The van der Waals surface area contributed by atoms with Crippen molar-refractivity contribution in [1.82, 2.24) is 9.55 Å². The van der Waals surface area contributed by atoms with E-state index in [4.69, 9.17) is 0 Å². The van der Waals surface area contributed by atoms with Gasteiger partial charge in [-0.3, -0.25) is 4.57 Å². The molecular weight excluding hydrogens is 186 g/mol. The number of hydrogen-bond donors (Lipinski definition) is 0. The fourth-order valence-corrected chi connectivity index (χ4v) is 1.82. The van der Waals surface area contributed by atoms with Crippen LogP contribution in [0.1, 0.15) is 33.4 Å². The van der Waals surface area contributed by atoms with Crippen LogP contribution in [0.25, 0.3) is 0 Å². The molecule has 1 aromatic rings. The van der Waals surface area contributed by atoms with Gasteiger partial charge >= 0.3 is 0 Å². The van der Waals surface area contributed by atoms with Crippen LogP contribution >= 0.6 is 0 Å². The zero-order chi connectivity index (χ0) is 11.1. The fraction of sp³-hybridized carbons (Fsp3) is 0.500. The van der Waals surface area contributed by atoms with E-state index in [-0.39, 0.29) is 5.41 Å². The van der Waals surface area contributed by atoms with Crippen molar-refractivity contribution in [3.63, 3.8) is 0 Å². The summed E-state index contributed by atoms with van der Waals surface area (Å²) in [6.45, 7) is 8.71. The molecular formula is C12H17N3. The fourth-order valence-electron chi connectivity index (χ4n) is 1.82. The first-order valence-electron chi connectivity index (χ1n) is 5.30. The summed E-state index contributed by atoms with van der Waals surface area (Å²) >= 11 is 0. The second kappa shape index (κ2) is 3.33. The Labute approximate surface area is 90.6 Å². The number of allylic oxidation sites excluding steroid dienone is 2. The monoisotopic (exact) mass is 203 g/mol. The Hall–Kier alpha value is -1.38. The van der Waals surface area contributed by atoms with Gasteiger partial charge in [-0.1, -0.05) is 33.8 Å². The zero-order valence-electron chi connectivity index (χ0n) is 9.73. The van der Waals surface area contributed by atoms with E-state index >= 15 is 0 Å². The number of aromatic nitrogens is 2. The van der Waals surface area contributed by atoms with Crippen LogP contribution in [0.4, 0.5) is 0 Å². The summed E-state index contributed by atoms with van der Waals surface area (Å²) in [5.74, 6) is 0.457. The first-order valence-corrected chi connectivity index (χ1v) is 5.30. The molecule has 1 aliphatic rings. The molecule has 1 aliphatic heterocycles. The molecule has 3 nitrogen and oxygen atoms in total. The molecule has 0 aliphatic carbocycles. The van der Waals surface area contributed by atoms with Crippen molar-refractivity contribution < 1.29 is 0 Å². The van der Waals surface area contributed by atoms with Crippen LogP contribution in [-0.4, -0.2) is 15.9 Å². The predicted octanol–water partition coefficient (Wildman–Crippen LogP) is 2.59. The van der Waals surface area contributed by atoms with Crippen molar-refractivity contribution in [2.45, 2.75) is 33.1 Å². The number of hydrogen-bond acceptors (Lipinski definition) is 2. The molecule has 0 radical (unpaired) electrons. The van der Waals surface area contributed by atoms with Gasteiger partial charge in [0.15, 0.2) is 0 Å². The Morgan fingerprint density at radius 2 is 2.07 bits per heavy atom. The molecule has 0 fully saturated rings. The van der Waals surface area contributed by atoms with Crippen LogP contribution in [0, 0.1) is 5.92 Å². The SMILES string of the molecule is CC(C)C1=CC(C)(C)c2cncn2C=N1. The van der Waals surface area contributed by atoms with Crippen molar-refractivity contribution >= 4 is 6.34 Å². The van der Waals surface area contributed by atoms with Crippen LogP contribution < -0.4 is 0 Å². The van der Waals surface area contributed by atoms with Crippen molar-refractivity contribution in [3.8, 4) is 0 Å². The van der Waals surface area contributed by atoms with Crippen molar-refractivity contribution in [1.29, 1.82) is 0 Å². The zero-order valence-corrected chi connectivity index (χ0v) is 9.73. The lowest BCUT2D eigenvalue weighted by atomic mass is 9.87. The first kappa shape index (κ1) is 10.1. The lowest BCUT2D eigenvalue weighted by molar-refractivity contribution is 0.621. The molecule has 0 unspecified atom stereocenters. The molecule has 0 spiro atoms. The van der Waals surface area contributed by atoms with Crippen molar-refractivity contribution in [2.75, 3.05) is 0 Å². The molecule has 15 heavy (non-hydrogen) atoms. The lowest BCUT2D eigenvalue weighted by Crippen LogP contribution is -2.18. The van der Waals surface area contributed by atoms with E-state index in [1.807, 2.05) is 17.1 Å². The Morgan fingerprint density at radius 1 is 1.33 bits per heavy atom. The van der Waals surface area contributed by atoms with E-state index in [1.54, 1.807) is 6.33 Å². The maximum atomic E-state index is 4.49. The van der Waals surface area contributed by atoms with Gasteiger partial charge in [0.1, 0.15) is 12.7 Å². The van der Waals surface area contributed by atoms with Crippen molar-refractivity contribution in [3.05, 3.63) is 30.0 Å². The largest absolute Gasteiger partial charge is 0.293 e. The van der Waals surface area contributed by atoms with E-state index in [2.05, 4.69) is 43.7 Å². The molecule has 2 rings (SSSR count). The Kier molecular flexibility index (Phi) is 2.25. The van der Waals surface area contributed by atoms with Gasteiger partial charge in [-0.25, -0.2) is 9.98 Å². The predicted molar refractivity (Wildman–Crippen MR) is 62.1 cm³/mol. The van der Waals surface area contributed by atoms with Crippen LogP contribution in [0.2, 0.25) is 0 Å². The molecule has 0 saturated heterocycles. The highest BCUT2D eigenvalue weighted by Gasteiger charge is 2.25. The van der Waals surface area contributed by atoms with E-state index in [1.165, 1.54) is 5.69 Å². The second-order valence-corrected chi connectivity index (χ2v) is 4.88. The van der Waals surface area contributed by atoms with Gasteiger partial charge in [-0.05, 0) is 5.92 Å². The first-order chi connectivity index (χ1) is 7.00. The third-order valence-electron chi connectivity index (χ3n) is 2.76. The topological polar surface area (TPSA) is 30.2 Å². The summed E-state index contributed by atoms with van der Waals surface area (Å²) in [4.78, 5) is 8.64. The highest BCUT2D eigenvalue weighted by Crippen LogP contribution is 2.29. The maximum absolute atomic E-state index is 4.49. The number of nitrogens with zero attached hydrogens (tertiary/aromatic N) is 3. The number of imidazole rings is 1. The van der Waals surface area contributed by atoms with Crippen LogP contribution in [0.15, 0.2) is 29.3 Å². The molecule has 80 valence electrons. The highest BCUT2D eigenvalue weighted by molar-refractivity contribution is 5.63. The number of rotatable bonds is 1. The molecule has 0 aromatic carbocycles. The Balaban J connectivity index is 2.53. The Morgan fingerprint density at radius 3 is 2.73 bits per heavy atom. The molecule has 0 bridgehead atoms.